The lowest BCUT2D eigenvalue weighted by Gasteiger charge is -2.09. The van der Waals surface area contributed by atoms with Crippen LogP contribution in [0.15, 0.2) is 42.5 Å². The molecule has 7 heteroatoms. The zero-order valence-electron chi connectivity index (χ0n) is 10.4. The van der Waals surface area contributed by atoms with Gasteiger partial charge in [-0.15, -0.1) is 11.6 Å². The largest absolute Gasteiger partial charge is 0.292 e. The van der Waals surface area contributed by atoms with E-state index in [2.05, 4.69) is 0 Å². The van der Waals surface area contributed by atoms with E-state index in [9.17, 15) is 23.7 Å². The second kappa shape index (κ2) is 5.97. The van der Waals surface area contributed by atoms with Crippen LogP contribution < -0.4 is 0 Å². The smallest absolute Gasteiger partial charge is 0.280 e. The molecule has 0 fully saturated rings. The Bertz CT molecular complexity index is 704. The van der Waals surface area contributed by atoms with Crippen molar-refractivity contribution in [2.24, 2.45) is 0 Å². The van der Waals surface area contributed by atoms with Crippen LogP contribution in [0.25, 0.3) is 0 Å². The van der Waals surface area contributed by atoms with Crippen LogP contribution in [-0.2, 0) is 0 Å². The highest BCUT2D eigenvalue weighted by Crippen LogP contribution is 2.30. The molecule has 0 bridgehead atoms. The fourth-order valence-corrected chi connectivity index (χ4v) is 2.05. The highest BCUT2D eigenvalue weighted by atomic mass is 35.5. The molecule has 2 rings (SSSR count). The summed E-state index contributed by atoms with van der Waals surface area (Å²) in [5.41, 5.74) is -0.694. The topological polar surface area (TPSA) is 60.2 Å². The van der Waals surface area contributed by atoms with Gasteiger partial charge in [-0.25, -0.2) is 8.78 Å². The van der Waals surface area contributed by atoms with Crippen LogP contribution in [0.2, 0.25) is 0 Å². The summed E-state index contributed by atoms with van der Waals surface area (Å²) in [4.78, 5) is 22.3. The minimum absolute atomic E-state index is 0.265. The number of rotatable bonds is 4. The van der Waals surface area contributed by atoms with Gasteiger partial charge < -0.3 is 0 Å². The molecule has 0 radical (unpaired) electrons. The molecule has 2 aromatic carbocycles. The third-order valence-corrected chi connectivity index (χ3v) is 3.26. The highest BCUT2D eigenvalue weighted by molar-refractivity contribution is 6.34. The first-order valence-electron chi connectivity index (χ1n) is 5.78. The van der Waals surface area contributed by atoms with E-state index in [4.69, 9.17) is 11.6 Å². The summed E-state index contributed by atoms with van der Waals surface area (Å²) >= 11 is 5.96. The average molecular weight is 312 g/mol. The lowest BCUT2D eigenvalue weighted by molar-refractivity contribution is -0.385. The van der Waals surface area contributed by atoms with E-state index in [0.29, 0.717) is 0 Å². The minimum Gasteiger partial charge on any atom is -0.292 e. The predicted molar refractivity (Wildman–Crippen MR) is 72.4 cm³/mol. The molecule has 0 aliphatic carbocycles. The Labute approximate surface area is 123 Å². The number of nitro groups is 1. The molecule has 0 N–H and O–H groups in total. The van der Waals surface area contributed by atoms with Crippen LogP contribution in [0.1, 0.15) is 21.3 Å². The Morgan fingerprint density at radius 2 is 1.67 bits per heavy atom. The zero-order chi connectivity index (χ0) is 15.6. The highest BCUT2D eigenvalue weighted by Gasteiger charge is 2.27. The van der Waals surface area contributed by atoms with Crippen LogP contribution in [-0.4, -0.2) is 10.7 Å². The van der Waals surface area contributed by atoms with Crippen molar-refractivity contribution in [2.75, 3.05) is 0 Å². The van der Waals surface area contributed by atoms with Gasteiger partial charge >= 0.3 is 0 Å². The number of hydrogen-bond acceptors (Lipinski definition) is 3. The molecule has 0 amide bonds. The standard InChI is InChI=1S/C14H8ClF2NO3/c15-13(8-1-3-9(16)4-2-8)14(19)11-7-10(17)5-6-12(11)18(20)21/h1-7,13H. The number of nitro benzene ring substituents is 1. The Morgan fingerprint density at radius 3 is 2.24 bits per heavy atom. The third-order valence-electron chi connectivity index (χ3n) is 2.81. The van der Waals surface area contributed by atoms with Gasteiger partial charge in [0.15, 0.2) is 5.78 Å². The normalized spacial score (nSPS) is 12.0. The van der Waals surface area contributed by atoms with Crippen molar-refractivity contribution < 1.29 is 18.5 Å². The molecule has 0 aromatic heterocycles. The summed E-state index contributed by atoms with van der Waals surface area (Å²) in [6, 6.07) is 7.34. The lowest BCUT2D eigenvalue weighted by atomic mass is 10.0. The van der Waals surface area contributed by atoms with Gasteiger partial charge in [-0.3, -0.25) is 14.9 Å². The summed E-state index contributed by atoms with van der Waals surface area (Å²) in [6.07, 6.45) is 0. The maximum absolute atomic E-state index is 13.2. The lowest BCUT2D eigenvalue weighted by Crippen LogP contribution is -2.10. The number of hydrogen-bond donors (Lipinski definition) is 0. The van der Waals surface area contributed by atoms with Crippen molar-refractivity contribution in [3.05, 3.63) is 75.3 Å². The average Bonchev–Trinajstić information content (AvgIpc) is 2.46. The van der Waals surface area contributed by atoms with Gasteiger partial charge in [0, 0.05) is 6.07 Å². The molecule has 0 saturated heterocycles. The van der Waals surface area contributed by atoms with Gasteiger partial charge in [0.05, 0.1) is 4.92 Å². The Hall–Kier alpha value is -2.34. The van der Waals surface area contributed by atoms with Crippen LogP contribution in [0.3, 0.4) is 0 Å². The van der Waals surface area contributed by atoms with E-state index in [1.165, 1.54) is 12.1 Å². The summed E-state index contributed by atoms with van der Waals surface area (Å²) in [5.74, 6) is -2.12. The molecule has 1 unspecified atom stereocenters. The molecule has 1 atom stereocenters. The number of Topliss-reactive ketones (excluding diaryl/α,β-unsaturated/α-hetero) is 1. The fourth-order valence-electron chi connectivity index (χ4n) is 1.78. The first-order valence-corrected chi connectivity index (χ1v) is 6.21. The molecular weight excluding hydrogens is 304 g/mol. The van der Waals surface area contributed by atoms with Crippen molar-refractivity contribution in [3.8, 4) is 0 Å². The third kappa shape index (κ3) is 3.22. The van der Waals surface area contributed by atoms with Gasteiger partial charge in [0.25, 0.3) is 5.69 Å². The van der Waals surface area contributed by atoms with E-state index in [1.807, 2.05) is 0 Å². The Morgan fingerprint density at radius 1 is 1.10 bits per heavy atom. The molecule has 2 aromatic rings. The van der Waals surface area contributed by atoms with Crippen molar-refractivity contribution in [1.29, 1.82) is 0 Å². The number of halogens is 3. The maximum Gasteiger partial charge on any atom is 0.280 e. The van der Waals surface area contributed by atoms with Crippen LogP contribution in [0.4, 0.5) is 14.5 Å². The monoisotopic (exact) mass is 311 g/mol. The van der Waals surface area contributed by atoms with Gasteiger partial charge in [0.2, 0.25) is 0 Å². The van der Waals surface area contributed by atoms with Gasteiger partial charge in [-0.2, -0.15) is 0 Å². The van der Waals surface area contributed by atoms with E-state index >= 15 is 0 Å². The molecule has 0 aliphatic heterocycles. The number of alkyl halides is 1. The van der Waals surface area contributed by atoms with Gasteiger partial charge in [0.1, 0.15) is 22.6 Å². The summed E-state index contributed by atoms with van der Waals surface area (Å²) in [5, 5.41) is 9.61. The van der Waals surface area contributed by atoms with Crippen LogP contribution >= 0.6 is 11.6 Å². The van der Waals surface area contributed by atoms with Crippen molar-refractivity contribution in [2.45, 2.75) is 5.38 Å². The molecule has 4 nitrogen and oxygen atoms in total. The summed E-state index contributed by atoms with van der Waals surface area (Å²) in [6.45, 7) is 0. The molecule has 0 spiro atoms. The van der Waals surface area contributed by atoms with Gasteiger partial charge in [-0.05, 0) is 29.8 Å². The number of carbonyl (C=O) groups is 1. The van der Waals surface area contributed by atoms with Crippen molar-refractivity contribution >= 4 is 23.1 Å². The Kier molecular flexibility index (Phi) is 4.28. The van der Waals surface area contributed by atoms with E-state index in [1.54, 1.807) is 0 Å². The van der Waals surface area contributed by atoms with Gasteiger partial charge in [-0.1, -0.05) is 12.1 Å². The van der Waals surface area contributed by atoms with E-state index < -0.39 is 39.0 Å². The molecule has 108 valence electrons. The predicted octanol–water partition coefficient (Wildman–Crippen LogP) is 4.04. The van der Waals surface area contributed by atoms with Crippen LogP contribution in [0.5, 0.6) is 0 Å². The second-order valence-electron chi connectivity index (χ2n) is 4.20. The first kappa shape index (κ1) is 15.1. The van der Waals surface area contributed by atoms with E-state index in [-0.39, 0.29) is 5.56 Å². The molecule has 0 heterocycles. The molecule has 0 aliphatic rings. The van der Waals surface area contributed by atoms with E-state index in [0.717, 1.165) is 30.3 Å². The number of ketones is 1. The molecule has 0 saturated carbocycles. The summed E-state index contributed by atoms with van der Waals surface area (Å²) < 4.78 is 26.1. The maximum atomic E-state index is 13.2. The SMILES string of the molecule is O=C(c1cc(F)ccc1[N+](=O)[O-])C(Cl)c1ccc(F)cc1. The van der Waals surface area contributed by atoms with Crippen molar-refractivity contribution in [3.63, 3.8) is 0 Å². The number of benzene rings is 2. The zero-order valence-corrected chi connectivity index (χ0v) is 11.2. The van der Waals surface area contributed by atoms with Crippen LogP contribution in [0, 0.1) is 21.7 Å². The Balaban J connectivity index is 2.41. The van der Waals surface area contributed by atoms with Crippen molar-refractivity contribution in [1.82, 2.24) is 0 Å². The quantitative estimate of drug-likeness (QED) is 0.370. The minimum atomic E-state index is -1.27. The fraction of sp³-hybridized carbons (Fsp3) is 0.0714. The number of carbonyl (C=O) groups excluding carboxylic acids is 1. The summed E-state index contributed by atoms with van der Waals surface area (Å²) in [7, 11) is 0. The molecule has 21 heavy (non-hydrogen) atoms. The molecular formula is C14H8ClF2NO3. The first-order chi connectivity index (χ1) is 9.90. The second-order valence-corrected chi connectivity index (χ2v) is 4.63. The number of nitrogens with zero attached hydrogens (tertiary/aromatic N) is 1.